The summed E-state index contributed by atoms with van der Waals surface area (Å²) in [6, 6.07) is 5.45. The molecule has 1 aromatic rings. The number of ether oxygens (including phenoxy) is 2. The molecular weight excluding hydrogens is 325 g/mol. The summed E-state index contributed by atoms with van der Waals surface area (Å²) in [5.41, 5.74) is 1.13. The molecule has 134 valence electrons. The van der Waals surface area contributed by atoms with E-state index in [-0.39, 0.29) is 5.82 Å². The van der Waals surface area contributed by atoms with Gasteiger partial charge in [-0.05, 0) is 45.7 Å². The van der Waals surface area contributed by atoms with E-state index in [0.29, 0.717) is 24.2 Å². The molecule has 1 aromatic carbocycles. The predicted molar refractivity (Wildman–Crippen MR) is 99.5 cm³/mol. The lowest BCUT2D eigenvalue weighted by Crippen LogP contribution is -2.46. The fourth-order valence-electron chi connectivity index (χ4n) is 3.02. The van der Waals surface area contributed by atoms with Gasteiger partial charge in [-0.2, -0.15) is 0 Å². The van der Waals surface area contributed by atoms with Crippen molar-refractivity contribution >= 4 is 16.8 Å². The van der Waals surface area contributed by atoms with Crippen LogP contribution in [-0.4, -0.2) is 37.2 Å². The van der Waals surface area contributed by atoms with Crippen molar-refractivity contribution in [2.75, 3.05) is 26.1 Å². The van der Waals surface area contributed by atoms with Gasteiger partial charge in [0.15, 0.2) is 0 Å². The van der Waals surface area contributed by atoms with Gasteiger partial charge in [-0.3, -0.25) is 4.99 Å². The highest BCUT2D eigenvalue weighted by molar-refractivity contribution is 8.13. The number of nitrogens with zero attached hydrogens (tertiary/aromatic N) is 1. The summed E-state index contributed by atoms with van der Waals surface area (Å²) in [7, 11) is 1.70. The van der Waals surface area contributed by atoms with Crippen molar-refractivity contribution < 1.29 is 13.9 Å². The van der Waals surface area contributed by atoms with E-state index in [1.165, 1.54) is 0 Å². The number of methoxy groups -OCH3 is 1. The van der Waals surface area contributed by atoms with E-state index in [4.69, 9.17) is 14.5 Å². The van der Waals surface area contributed by atoms with Crippen molar-refractivity contribution in [3.63, 3.8) is 0 Å². The van der Waals surface area contributed by atoms with Crippen LogP contribution in [0.15, 0.2) is 23.2 Å². The van der Waals surface area contributed by atoms with Gasteiger partial charge >= 0.3 is 0 Å². The minimum Gasteiger partial charge on any atom is -0.382 e. The minimum atomic E-state index is -0.509. The van der Waals surface area contributed by atoms with E-state index < -0.39 is 5.54 Å². The molecule has 2 aliphatic rings. The van der Waals surface area contributed by atoms with Crippen molar-refractivity contribution in [3.05, 3.63) is 35.1 Å². The monoisotopic (exact) mass is 353 g/mol. The maximum atomic E-state index is 14.4. The van der Waals surface area contributed by atoms with Gasteiger partial charge in [-0.15, -0.1) is 11.8 Å². The highest BCUT2D eigenvalue weighted by atomic mass is 32.2. The summed E-state index contributed by atoms with van der Waals surface area (Å²) in [5.74, 6) is 1.22. The molecule has 5 heteroatoms. The van der Waals surface area contributed by atoms with Gasteiger partial charge in [0.2, 0.25) is 0 Å². The van der Waals surface area contributed by atoms with Crippen molar-refractivity contribution in [2.24, 2.45) is 10.9 Å². The summed E-state index contributed by atoms with van der Waals surface area (Å²) in [6.45, 7) is 9.17. The number of hydrogen-bond donors (Lipinski definition) is 0. The van der Waals surface area contributed by atoms with Crippen LogP contribution < -0.4 is 0 Å². The molecule has 24 heavy (non-hydrogen) atoms. The van der Waals surface area contributed by atoms with Crippen LogP contribution in [-0.2, 0) is 15.0 Å². The molecule has 1 fully saturated rings. The van der Waals surface area contributed by atoms with Crippen LogP contribution in [0.5, 0.6) is 0 Å². The Morgan fingerprint density at radius 1 is 1.38 bits per heavy atom. The van der Waals surface area contributed by atoms with Gasteiger partial charge in [-0.1, -0.05) is 12.1 Å². The molecule has 0 amide bonds. The zero-order valence-corrected chi connectivity index (χ0v) is 16.1. The number of thioether (sulfide) groups is 1. The lowest BCUT2D eigenvalue weighted by Gasteiger charge is -2.44. The minimum absolute atomic E-state index is 0.154. The summed E-state index contributed by atoms with van der Waals surface area (Å²) in [5, 5.41) is 1.03. The van der Waals surface area contributed by atoms with Crippen molar-refractivity contribution in [1.29, 1.82) is 0 Å². The predicted octanol–water partition coefficient (Wildman–Crippen LogP) is 4.57. The fourth-order valence-corrected chi connectivity index (χ4v) is 4.13. The first-order chi connectivity index (χ1) is 11.4. The standard InChI is InChI=1S/C15H18FNOS.C4H10O/c1-10-3-4-13(14(16)7-10)15-9-18-6-5-12(15)8-19-11(2)17-15;1-4(2)5-3/h3-4,7,12H,5-6,8-9H2,1-2H3;4H,1-3H3. The van der Waals surface area contributed by atoms with Gasteiger partial charge < -0.3 is 9.47 Å². The Balaban J connectivity index is 0.000000368. The van der Waals surface area contributed by atoms with E-state index in [1.807, 2.05) is 39.8 Å². The van der Waals surface area contributed by atoms with Crippen LogP contribution in [0.4, 0.5) is 4.39 Å². The van der Waals surface area contributed by atoms with E-state index in [0.717, 1.165) is 29.4 Å². The first-order valence-corrected chi connectivity index (χ1v) is 9.44. The highest BCUT2D eigenvalue weighted by Gasteiger charge is 2.46. The number of benzene rings is 1. The smallest absolute Gasteiger partial charge is 0.129 e. The first-order valence-electron chi connectivity index (χ1n) is 8.45. The number of fused-ring (bicyclic) bond motifs is 1. The summed E-state index contributed by atoms with van der Waals surface area (Å²) >= 11 is 1.78. The lowest BCUT2D eigenvalue weighted by atomic mass is 9.76. The molecule has 0 aliphatic carbocycles. The van der Waals surface area contributed by atoms with Gasteiger partial charge in [0.25, 0.3) is 0 Å². The molecule has 3 rings (SSSR count). The van der Waals surface area contributed by atoms with Crippen molar-refractivity contribution in [2.45, 2.75) is 45.8 Å². The van der Waals surface area contributed by atoms with Crippen LogP contribution in [0.25, 0.3) is 0 Å². The third-order valence-corrected chi connectivity index (χ3v) is 5.60. The molecular formula is C19H28FNO2S. The number of hydrogen-bond acceptors (Lipinski definition) is 4. The molecule has 2 atom stereocenters. The first kappa shape index (κ1) is 19.4. The fraction of sp³-hybridized carbons (Fsp3) is 0.632. The topological polar surface area (TPSA) is 30.8 Å². The number of halogens is 1. The molecule has 0 N–H and O–H groups in total. The van der Waals surface area contributed by atoms with Crippen molar-refractivity contribution in [1.82, 2.24) is 0 Å². The normalized spacial score (nSPS) is 26.3. The maximum absolute atomic E-state index is 14.4. The Kier molecular flexibility index (Phi) is 6.84. The van der Waals surface area contributed by atoms with Gasteiger partial charge in [-0.25, -0.2) is 4.39 Å². The quantitative estimate of drug-likeness (QED) is 0.780. The van der Waals surface area contributed by atoms with Crippen LogP contribution in [0.1, 0.15) is 38.3 Å². The lowest BCUT2D eigenvalue weighted by molar-refractivity contribution is 0.00304. The number of aryl methyl sites for hydroxylation is 1. The third kappa shape index (κ3) is 4.38. The number of rotatable bonds is 2. The summed E-state index contributed by atoms with van der Waals surface area (Å²) in [4.78, 5) is 4.81. The van der Waals surface area contributed by atoms with E-state index in [9.17, 15) is 4.39 Å². The second-order valence-corrected chi connectivity index (χ2v) is 7.88. The average Bonchev–Trinajstić information content (AvgIpc) is 2.54. The molecule has 0 spiro atoms. The maximum Gasteiger partial charge on any atom is 0.129 e. The van der Waals surface area contributed by atoms with Crippen LogP contribution in [0.3, 0.4) is 0 Å². The Hall–Kier alpha value is -0.910. The molecule has 0 radical (unpaired) electrons. The largest absolute Gasteiger partial charge is 0.382 e. The van der Waals surface area contributed by atoms with Crippen LogP contribution in [0, 0.1) is 18.7 Å². The second-order valence-electron chi connectivity index (χ2n) is 6.67. The van der Waals surface area contributed by atoms with Gasteiger partial charge in [0.05, 0.1) is 17.8 Å². The molecule has 0 saturated carbocycles. The molecule has 0 bridgehead atoms. The Morgan fingerprint density at radius 2 is 2.08 bits per heavy atom. The van der Waals surface area contributed by atoms with E-state index in [1.54, 1.807) is 24.9 Å². The molecule has 0 aromatic heterocycles. The third-order valence-electron chi connectivity index (χ3n) is 4.52. The second kappa shape index (κ2) is 8.45. The summed E-state index contributed by atoms with van der Waals surface area (Å²) < 4.78 is 24.8. The molecule has 1 saturated heterocycles. The summed E-state index contributed by atoms with van der Waals surface area (Å²) in [6.07, 6.45) is 1.34. The number of aliphatic imine (C=N–C) groups is 1. The Bertz CT molecular complexity index is 591. The van der Waals surface area contributed by atoms with E-state index >= 15 is 0 Å². The van der Waals surface area contributed by atoms with E-state index in [2.05, 4.69) is 0 Å². The van der Waals surface area contributed by atoms with Crippen LogP contribution in [0.2, 0.25) is 0 Å². The Morgan fingerprint density at radius 3 is 2.71 bits per heavy atom. The van der Waals surface area contributed by atoms with Gasteiger partial charge in [0.1, 0.15) is 11.4 Å². The molecule has 2 heterocycles. The molecule has 2 aliphatic heterocycles. The zero-order valence-electron chi connectivity index (χ0n) is 15.3. The Labute approximate surface area is 149 Å². The highest BCUT2D eigenvalue weighted by Crippen LogP contribution is 2.45. The van der Waals surface area contributed by atoms with Crippen molar-refractivity contribution in [3.8, 4) is 0 Å². The molecule has 3 nitrogen and oxygen atoms in total. The average molecular weight is 354 g/mol. The zero-order chi connectivity index (χ0) is 17.7. The molecule has 2 unspecified atom stereocenters. The van der Waals surface area contributed by atoms with Crippen LogP contribution >= 0.6 is 11.8 Å². The SMILES string of the molecule is CC1=NC2(c3ccc(C)cc3F)COCCC2CS1.COC(C)C. The van der Waals surface area contributed by atoms with Gasteiger partial charge in [0, 0.05) is 31.0 Å².